The quantitative estimate of drug-likeness (QED) is 0.783. The Hall–Kier alpha value is -0.610. The van der Waals surface area contributed by atoms with E-state index >= 15 is 0 Å². The van der Waals surface area contributed by atoms with Crippen molar-refractivity contribution in [1.29, 1.82) is 0 Å². The van der Waals surface area contributed by atoms with Gasteiger partial charge in [-0.2, -0.15) is 0 Å². The van der Waals surface area contributed by atoms with Crippen LogP contribution < -0.4 is 10.2 Å². The number of anilines is 1. The van der Waals surface area contributed by atoms with Crippen LogP contribution in [0.2, 0.25) is 0 Å². The van der Waals surface area contributed by atoms with Gasteiger partial charge in [0.25, 0.3) is 0 Å². The maximum absolute atomic E-state index is 4.80. The van der Waals surface area contributed by atoms with E-state index in [0.29, 0.717) is 6.04 Å². The lowest BCUT2D eigenvalue weighted by molar-refractivity contribution is 0.590. The molecule has 104 valence electrons. The molecule has 0 bridgehead atoms. The van der Waals surface area contributed by atoms with Crippen LogP contribution in [0, 0.1) is 0 Å². The molecule has 0 aliphatic carbocycles. The second-order valence-corrected chi connectivity index (χ2v) is 5.90. The highest BCUT2D eigenvalue weighted by molar-refractivity contribution is 7.15. The van der Waals surface area contributed by atoms with Gasteiger partial charge in [-0.05, 0) is 19.8 Å². The van der Waals surface area contributed by atoms with Crippen molar-refractivity contribution in [3.05, 3.63) is 10.6 Å². The van der Waals surface area contributed by atoms with Crippen LogP contribution in [-0.4, -0.2) is 24.1 Å². The van der Waals surface area contributed by atoms with Gasteiger partial charge in [-0.3, -0.25) is 0 Å². The smallest absolute Gasteiger partial charge is 0.185 e. The van der Waals surface area contributed by atoms with Gasteiger partial charge in [0.1, 0.15) is 0 Å². The molecule has 1 heterocycles. The third-order valence-electron chi connectivity index (χ3n) is 2.92. The number of aryl methyl sites for hydroxylation is 1. The van der Waals surface area contributed by atoms with E-state index in [4.69, 9.17) is 4.98 Å². The molecule has 0 fully saturated rings. The van der Waals surface area contributed by atoms with E-state index in [1.54, 1.807) is 0 Å². The maximum atomic E-state index is 4.80. The molecule has 0 saturated heterocycles. The molecule has 0 unspecified atom stereocenters. The Balaban J connectivity index is 2.81. The van der Waals surface area contributed by atoms with Crippen LogP contribution in [0.15, 0.2) is 0 Å². The number of hydrogen-bond donors (Lipinski definition) is 1. The molecule has 0 aliphatic heterocycles. The highest BCUT2D eigenvalue weighted by atomic mass is 32.1. The summed E-state index contributed by atoms with van der Waals surface area (Å²) in [5.74, 6) is 0. The number of nitrogens with one attached hydrogen (secondary N) is 1. The zero-order valence-electron chi connectivity index (χ0n) is 12.4. The van der Waals surface area contributed by atoms with Gasteiger partial charge in [0, 0.05) is 30.6 Å². The van der Waals surface area contributed by atoms with Crippen molar-refractivity contribution >= 4 is 16.5 Å². The lowest BCUT2D eigenvalue weighted by Gasteiger charge is -2.18. The standard InChI is InChI=1S/C14H27N3S/c1-6-9-17(8-3)14-16-12(7-2)13(18-14)10-15-11(4)5/h11,15H,6-10H2,1-5H3. The van der Waals surface area contributed by atoms with Crippen LogP contribution in [0.4, 0.5) is 5.13 Å². The molecule has 0 aliphatic rings. The fraction of sp³-hybridized carbons (Fsp3) is 0.786. The molecule has 1 rings (SSSR count). The van der Waals surface area contributed by atoms with Crippen molar-refractivity contribution in [2.45, 2.75) is 60.0 Å². The Bertz CT molecular complexity index is 347. The molecule has 0 spiro atoms. The van der Waals surface area contributed by atoms with Crippen LogP contribution in [0.25, 0.3) is 0 Å². The molecular formula is C14H27N3S. The molecule has 3 nitrogen and oxygen atoms in total. The van der Waals surface area contributed by atoms with Crippen molar-refractivity contribution in [2.75, 3.05) is 18.0 Å². The summed E-state index contributed by atoms with van der Waals surface area (Å²) >= 11 is 1.85. The van der Waals surface area contributed by atoms with E-state index in [9.17, 15) is 0 Å². The van der Waals surface area contributed by atoms with E-state index < -0.39 is 0 Å². The van der Waals surface area contributed by atoms with Crippen LogP contribution in [0.1, 0.15) is 51.6 Å². The van der Waals surface area contributed by atoms with Crippen molar-refractivity contribution in [2.24, 2.45) is 0 Å². The average molecular weight is 269 g/mol. The van der Waals surface area contributed by atoms with Gasteiger partial charge in [0.15, 0.2) is 5.13 Å². The molecule has 0 saturated carbocycles. The average Bonchev–Trinajstić information content (AvgIpc) is 2.76. The summed E-state index contributed by atoms with van der Waals surface area (Å²) in [6.07, 6.45) is 2.20. The van der Waals surface area contributed by atoms with Crippen molar-refractivity contribution in [3.63, 3.8) is 0 Å². The minimum atomic E-state index is 0.526. The van der Waals surface area contributed by atoms with Gasteiger partial charge in [-0.25, -0.2) is 4.98 Å². The Morgan fingerprint density at radius 3 is 2.50 bits per heavy atom. The highest BCUT2D eigenvalue weighted by Gasteiger charge is 2.13. The second-order valence-electron chi connectivity index (χ2n) is 4.84. The monoisotopic (exact) mass is 269 g/mol. The highest BCUT2D eigenvalue weighted by Crippen LogP contribution is 2.27. The number of rotatable bonds is 8. The van der Waals surface area contributed by atoms with Crippen LogP contribution >= 0.6 is 11.3 Å². The molecule has 18 heavy (non-hydrogen) atoms. The second kappa shape index (κ2) is 7.74. The van der Waals surface area contributed by atoms with E-state index in [1.165, 1.54) is 22.1 Å². The van der Waals surface area contributed by atoms with Gasteiger partial charge in [-0.1, -0.05) is 27.7 Å². The maximum Gasteiger partial charge on any atom is 0.185 e. The number of hydrogen-bond acceptors (Lipinski definition) is 4. The SMILES string of the molecule is CCCN(CC)c1nc(CC)c(CNC(C)C)s1. The molecule has 0 radical (unpaired) electrons. The summed E-state index contributed by atoms with van der Waals surface area (Å²) in [5.41, 5.74) is 1.26. The van der Waals surface area contributed by atoms with Crippen molar-refractivity contribution in [1.82, 2.24) is 10.3 Å². The molecule has 4 heteroatoms. The molecule has 0 amide bonds. The number of nitrogens with zero attached hydrogens (tertiary/aromatic N) is 2. The van der Waals surface area contributed by atoms with Crippen molar-refractivity contribution in [3.8, 4) is 0 Å². The fourth-order valence-electron chi connectivity index (χ4n) is 1.88. The van der Waals surface area contributed by atoms with Gasteiger partial charge >= 0.3 is 0 Å². The molecule has 0 atom stereocenters. The predicted molar refractivity (Wildman–Crippen MR) is 81.6 cm³/mol. The van der Waals surface area contributed by atoms with E-state index in [1.807, 2.05) is 11.3 Å². The Morgan fingerprint density at radius 1 is 1.28 bits per heavy atom. The number of thiazole rings is 1. The zero-order chi connectivity index (χ0) is 13.5. The largest absolute Gasteiger partial charge is 0.348 e. The Kier molecular flexibility index (Phi) is 6.65. The molecule has 1 aromatic rings. The normalized spacial score (nSPS) is 11.2. The first-order valence-corrected chi connectivity index (χ1v) is 7.90. The van der Waals surface area contributed by atoms with E-state index in [-0.39, 0.29) is 0 Å². The Morgan fingerprint density at radius 2 is 2.00 bits per heavy atom. The van der Waals surface area contributed by atoms with Gasteiger partial charge < -0.3 is 10.2 Å². The molecular weight excluding hydrogens is 242 g/mol. The lowest BCUT2D eigenvalue weighted by atomic mass is 10.3. The van der Waals surface area contributed by atoms with E-state index in [0.717, 1.165) is 26.1 Å². The summed E-state index contributed by atoms with van der Waals surface area (Å²) < 4.78 is 0. The lowest BCUT2D eigenvalue weighted by Crippen LogP contribution is -2.23. The minimum Gasteiger partial charge on any atom is -0.348 e. The summed E-state index contributed by atoms with van der Waals surface area (Å²) in [6.45, 7) is 14.1. The van der Waals surface area contributed by atoms with Gasteiger partial charge in [0.05, 0.1) is 5.69 Å². The molecule has 1 N–H and O–H groups in total. The third kappa shape index (κ3) is 4.25. The van der Waals surface area contributed by atoms with Gasteiger partial charge in [-0.15, -0.1) is 11.3 Å². The van der Waals surface area contributed by atoms with Crippen molar-refractivity contribution < 1.29 is 0 Å². The minimum absolute atomic E-state index is 0.526. The first-order chi connectivity index (χ1) is 8.62. The summed E-state index contributed by atoms with van der Waals surface area (Å²) in [4.78, 5) is 8.58. The summed E-state index contributed by atoms with van der Waals surface area (Å²) in [6, 6.07) is 0.526. The van der Waals surface area contributed by atoms with Gasteiger partial charge in [0.2, 0.25) is 0 Å². The summed E-state index contributed by atoms with van der Waals surface area (Å²) in [7, 11) is 0. The molecule has 0 aromatic carbocycles. The molecule has 1 aromatic heterocycles. The topological polar surface area (TPSA) is 28.2 Å². The van der Waals surface area contributed by atoms with E-state index in [2.05, 4.69) is 44.8 Å². The first kappa shape index (κ1) is 15.4. The Labute approximate surface area is 116 Å². The zero-order valence-corrected chi connectivity index (χ0v) is 13.2. The number of aromatic nitrogens is 1. The van der Waals surface area contributed by atoms with Crippen LogP contribution in [0.5, 0.6) is 0 Å². The first-order valence-electron chi connectivity index (χ1n) is 7.09. The van der Waals surface area contributed by atoms with Crippen LogP contribution in [-0.2, 0) is 13.0 Å². The predicted octanol–water partition coefficient (Wildman–Crippen LogP) is 3.44. The fourth-order valence-corrected chi connectivity index (χ4v) is 3.06. The third-order valence-corrected chi connectivity index (χ3v) is 4.08. The van der Waals surface area contributed by atoms with Crippen LogP contribution in [0.3, 0.4) is 0 Å². The summed E-state index contributed by atoms with van der Waals surface area (Å²) in [5, 5.41) is 4.68.